The van der Waals surface area contributed by atoms with Crippen molar-refractivity contribution in [1.82, 2.24) is 20.0 Å². The van der Waals surface area contributed by atoms with Gasteiger partial charge in [0.15, 0.2) is 5.82 Å². The van der Waals surface area contributed by atoms with Crippen molar-refractivity contribution in [3.05, 3.63) is 34.2 Å². The Hall–Kier alpha value is -0.940. The van der Waals surface area contributed by atoms with Crippen LogP contribution in [0.25, 0.3) is 5.82 Å². The third-order valence-electron chi connectivity index (χ3n) is 1.40. The standard InChI is InChI=1S/C7H4BrClN4/c8-5-3-6(9)7(10-4-5)13-11-1-2-12-13/h1-4H. The minimum Gasteiger partial charge on any atom is -0.233 e. The molecule has 0 radical (unpaired) electrons. The highest BCUT2D eigenvalue weighted by Crippen LogP contribution is 2.20. The molecule has 0 spiro atoms. The zero-order valence-electron chi connectivity index (χ0n) is 6.35. The van der Waals surface area contributed by atoms with Crippen molar-refractivity contribution in [2.45, 2.75) is 0 Å². The van der Waals surface area contributed by atoms with Gasteiger partial charge in [-0.2, -0.15) is 10.2 Å². The van der Waals surface area contributed by atoms with Gasteiger partial charge in [0.2, 0.25) is 0 Å². The van der Waals surface area contributed by atoms with Gasteiger partial charge < -0.3 is 0 Å². The number of hydrogen-bond acceptors (Lipinski definition) is 3. The average Bonchev–Trinajstić information content (AvgIpc) is 2.56. The zero-order valence-corrected chi connectivity index (χ0v) is 8.70. The van der Waals surface area contributed by atoms with Crippen LogP contribution in [0.5, 0.6) is 0 Å². The van der Waals surface area contributed by atoms with E-state index in [1.54, 1.807) is 24.7 Å². The average molecular weight is 259 g/mol. The molecule has 2 aromatic rings. The highest BCUT2D eigenvalue weighted by atomic mass is 79.9. The lowest BCUT2D eigenvalue weighted by Crippen LogP contribution is -2.01. The summed E-state index contributed by atoms with van der Waals surface area (Å²) in [6.45, 7) is 0. The quantitative estimate of drug-likeness (QED) is 0.787. The van der Waals surface area contributed by atoms with Gasteiger partial charge in [0.05, 0.1) is 17.4 Å². The van der Waals surface area contributed by atoms with E-state index < -0.39 is 0 Å². The number of nitrogens with zero attached hydrogens (tertiary/aromatic N) is 4. The van der Waals surface area contributed by atoms with E-state index in [0.29, 0.717) is 10.8 Å². The van der Waals surface area contributed by atoms with Crippen molar-refractivity contribution in [3.8, 4) is 5.82 Å². The van der Waals surface area contributed by atoms with Gasteiger partial charge in [-0.15, -0.1) is 4.80 Å². The highest BCUT2D eigenvalue weighted by Gasteiger charge is 2.05. The van der Waals surface area contributed by atoms with Gasteiger partial charge in [-0.25, -0.2) is 4.98 Å². The van der Waals surface area contributed by atoms with Gasteiger partial charge in [-0.1, -0.05) is 11.6 Å². The lowest BCUT2D eigenvalue weighted by Gasteiger charge is -2.00. The largest absolute Gasteiger partial charge is 0.233 e. The molecule has 13 heavy (non-hydrogen) atoms. The third kappa shape index (κ3) is 1.71. The minimum atomic E-state index is 0.505. The molecule has 6 heteroatoms. The fraction of sp³-hybridized carbons (Fsp3) is 0. The van der Waals surface area contributed by atoms with E-state index >= 15 is 0 Å². The summed E-state index contributed by atoms with van der Waals surface area (Å²) in [6, 6.07) is 1.74. The van der Waals surface area contributed by atoms with Crippen molar-refractivity contribution in [1.29, 1.82) is 0 Å². The Balaban J connectivity index is 2.53. The molecule has 66 valence electrons. The number of pyridine rings is 1. The van der Waals surface area contributed by atoms with Crippen LogP contribution in [0.3, 0.4) is 0 Å². The van der Waals surface area contributed by atoms with Gasteiger partial charge in [0.25, 0.3) is 0 Å². The summed E-state index contributed by atoms with van der Waals surface area (Å²) in [4.78, 5) is 5.45. The second-order valence-corrected chi connectivity index (χ2v) is 3.60. The smallest absolute Gasteiger partial charge is 0.193 e. The first-order chi connectivity index (χ1) is 6.27. The number of rotatable bonds is 1. The number of hydrogen-bond donors (Lipinski definition) is 0. The summed E-state index contributed by atoms with van der Waals surface area (Å²) in [5.74, 6) is 0.523. The summed E-state index contributed by atoms with van der Waals surface area (Å²) in [6.07, 6.45) is 4.78. The van der Waals surface area contributed by atoms with Crippen LogP contribution in [0.15, 0.2) is 29.1 Å². The van der Waals surface area contributed by atoms with E-state index in [1.807, 2.05) is 0 Å². The van der Waals surface area contributed by atoms with E-state index in [1.165, 1.54) is 4.80 Å². The molecule has 0 aromatic carbocycles. The maximum Gasteiger partial charge on any atom is 0.193 e. The molecule has 0 atom stereocenters. The topological polar surface area (TPSA) is 43.6 Å². The number of halogens is 2. The fourth-order valence-corrected chi connectivity index (χ4v) is 1.58. The van der Waals surface area contributed by atoms with Crippen LogP contribution in [-0.4, -0.2) is 20.0 Å². The van der Waals surface area contributed by atoms with Gasteiger partial charge in [0, 0.05) is 10.7 Å². The Bertz CT molecular complexity index is 414. The van der Waals surface area contributed by atoms with Gasteiger partial charge in [-0.3, -0.25) is 0 Å². The van der Waals surface area contributed by atoms with E-state index in [-0.39, 0.29) is 0 Å². The fourth-order valence-electron chi connectivity index (χ4n) is 0.880. The van der Waals surface area contributed by atoms with Gasteiger partial charge >= 0.3 is 0 Å². The van der Waals surface area contributed by atoms with Crippen molar-refractivity contribution in [3.63, 3.8) is 0 Å². The molecule has 2 rings (SSSR count). The summed E-state index contributed by atoms with van der Waals surface area (Å²) in [5.41, 5.74) is 0. The van der Waals surface area contributed by atoms with Crippen LogP contribution in [0.4, 0.5) is 0 Å². The van der Waals surface area contributed by atoms with Crippen molar-refractivity contribution in [2.75, 3.05) is 0 Å². The Kier molecular flexibility index (Phi) is 2.28. The third-order valence-corrected chi connectivity index (χ3v) is 2.11. The van der Waals surface area contributed by atoms with Crippen LogP contribution in [0, 0.1) is 0 Å². The van der Waals surface area contributed by atoms with Crippen molar-refractivity contribution in [2.24, 2.45) is 0 Å². The van der Waals surface area contributed by atoms with E-state index in [4.69, 9.17) is 11.6 Å². The van der Waals surface area contributed by atoms with Crippen LogP contribution < -0.4 is 0 Å². The summed E-state index contributed by atoms with van der Waals surface area (Å²) >= 11 is 9.19. The normalized spacial score (nSPS) is 10.3. The molecule has 0 unspecified atom stereocenters. The molecule has 0 saturated carbocycles. The predicted molar refractivity (Wildman–Crippen MR) is 51.9 cm³/mol. The van der Waals surface area contributed by atoms with Crippen molar-refractivity contribution >= 4 is 27.5 Å². The Labute approximate surface area is 87.7 Å². The van der Waals surface area contributed by atoms with Gasteiger partial charge in [0.1, 0.15) is 0 Å². The SMILES string of the molecule is Clc1cc(Br)cnc1-n1nccn1. The Morgan fingerprint density at radius 1 is 1.31 bits per heavy atom. The predicted octanol–water partition coefficient (Wildman–Crippen LogP) is 2.08. The van der Waals surface area contributed by atoms with Gasteiger partial charge in [-0.05, 0) is 22.0 Å². The molecule has 4 nitrogen and oxygen atoms in total. The lowest BCUT2D eigenvalue weighted by atomic mass is 10.5. The molecule has 0 N–H and O–H groups in total. The van der Waals surface area contributed by atoms with E-state index in [9.17, 15) is 0 Å². The van der Waals surface area contributed by atoms with Crippen LogP contribution >= 0.6 is 27.5 Å². The molecule has 0 fully saturated rings. The Morgan fingerprint density at radius 3 is 2.62 bits per heavy atom. The molecule has 2 aromatic heterocycles. The molecule has 0 aliphatic rings. The molecule has 2 heterocycles. The summed E-state index contributed by atoms with van der Waals surface area (Å²) in [7, 11) is 0. The van der Waals surface area contributed by atoms with E-state index in [0.717, 1.165) is 4.47 Å². The first-order valence-electron chi connectivity index (χ1n) is 3.45. The Morgan fingerprint density at radius 2 is 2.00 bits per heavy atom. The molecular weight excluding hydrogens is 255 g/mol. The first-order valence-corrected chi connectivity index (χ1v) is 4.62. The number of aromatic nitrogens is 4. The second-order valence-electron chi connectivity index (χ2n) is 2.28. The summed E-state index contributed by atoms with van der Waals surface area (Å²) in [5, 5.41) is 8.35. The second kappa shape index (κ2) is 3.43. The maximum atomic E-state index is 5.93. The van der Waals surface area contributed by atoms with E-state index in [2.05, 4.69) is 31.1 Å². The maximum absolute atomic E-state index is 5.93. The minimum absolute atomic E-state index is 0.505. The molecule has 0 amide bonds. The monoisotopic (exact) mass is 258 g/mol. The first kappa shape index (κ1) is 8.65. The van der Waals surface area contributed by atoms with Crippen LogP contribution in [0.2, 0.25) is 5.02 Å². The molecule has 0 bridgehead atoms. The summed E-state index contributed by atoms with van der Waals surface area (Å²) < 4.78 is 0.827. The van der Waals surface area contributed by atoms with Crippen molar-refractivity contribution < 1.29 is 0 Å². The lowest BCUT2D eigenvalue weighted by molar-refractivity contribution is 0.729. The highest BCUT2D eigenvalue weighted by molar-refractivity contribution is 9.10. The molecule has 0 aliphatic heterocycles. The van der Waals surface area contributed by atoms with Crippen LogP contribution in [0.1, 0.15) is 0 Å². The van der Waals surface area contributed by atoms with Crippen LogP contribution in [-0.2, 0) is 0 Å². The molecular formula is C7H4BrClN4. The molecule has 0 aliphatic carbocycles. The zero-order chi connectivity index (χ0) is 9.26. The molecule has 0 saturated heterocycles.